The van der Waals surface area contributed by atoms with Gasteiger partial charge in [-0.25, -0.2) is 4.39 Å². The summed E-state index contributed by atoms with van der Waals surface area (Å²) in [5.74, 6) is -0.101. The zero-order valence-corrected chi connectivity index (χ0v) is 14.2. The zero-order valence-electron chi connectivity index (χ0n) is 14.2. The van der Waals surface area contributed by atoms with Crippen LogP contribution in [0.15, 0.2) is 60.9 Å². The molecule has 1 aromatic carbocycles. The fourth-order valence-corrected chi connectivity index (χ4v) is 2.93. The lowest BCUT2D eigenvalue weighted by molar-refractivity contribution is 0.262. The van der Waals surface area contributed by atoms with Crippen LogP contribution in [0.1, 0.15) is 28.6 Å². The van der Waals surface area contributed by atoms with Gasteiger partial charge in [0.05, 0.1) is 11.7 Å². The third-order valence-corrected chi connectivity index (χ3v) is 4.12. The van der Waals surface area contributed by atoms with E-state index in [0.717, 1.165) is 16.8 Å². The topological polar surface area (TPSA) is 49.2 Å². The van der Waals surface area contributed by atoms with Crippen LogP contribution in [0.5, 0.6) is 5.75 Å². The average molecular weight is 337 g/mol. The predicted octanol–water partition coefficient (Wildman–Crippen LogP) is 3.85. The van der Waals surface area contributed by atoms with Gasteiger partial charge in [-0.1, -0.05) is 18.2 Å². The Morgan fingerprint density at radius 2 is 1.84 bits per heavy atom. The van der Waals surface area contributed by atoms with Gasteiger partial charge in [-0.15, -0.1) is 0 Å². The summed E-state index contributed by atoms with van der Waals surface area (Å²) in [4.78, 5) is 10.7. The summed E-state index contributed by atoms with van der Waals surface area (Å²) in [6, 6.07) is 13.6. The van der Waals surface area contributed by atoms with Crippen LogP contribution in [0, 0.1) is 12.7 Å². The maximum atomic E-state index is 13.3. The van der Waals surface area contributed by atoms with Crippen molar-refractivity contribution in [2.24, 2.45) is 0 Å². The molecule has 2 aromatic heterocycles. The fourth-order valence-electron chi connectivity index (χ4n) is 2.93. The second-order valence-corrected chi connectivity index (χ2v) is 6.07. The Kier molecular flexibility index (Phi) is 5.05. The molecule has 0 bridgehead atoms. The highest BCUT2D eigenvalue weighted by Crippen LogP contribution is 2.29. The summed E-state index contributed by atoms with van der Waals surface area (Å²) in [5, 5.41) is 10.1. The summed E-state index contributed by atoms with van der Waals surface area (Å²) >= 11 is 0. The van der Waals surface area contributed by atoms with Crippen molar-refractivity contribution in [3.8, 4) is 5.75 Å². The van der Waals surface area contributed by atoms with Gasteiger partial charge in [-0.3, -0.25) is 14.9 Å². The quantitative estimate of drug-likeness (QED) is 0.768. The Balaban J connectivity index is 1.96. The van der Waals surface area contributed by atoms with E-state index in [9.17, 15) is 9.50 Å². The zero-order chi connectivity index (χ0) is 17.8. The highest BCUT2D eigenvalue weighted by molar-refractivity contribution is 5.32. The first-order valence-electron chi connectivity index (χ1n) is 8.05. The third kappa shape index (κ3) is 4.00. The van der Waals surface area contributed by atoms with Gasteiger partial charge in [-0.2, -0.15) is 0 Å². The molecule has 0 amide bonds. The number of pyridine rings is 2. The van der Waals surface area contributed by atoms with Crippen molar-refractivity contribution in [1.82, 2.24) is 14.9 Å². The van der Waals surface area contributed by atoms with E-state index >= 15 is 0 Å². The number of hydrogen-bond donors (Lipinski definition) is 1. The standard InChI is InChI=1S/C20H20FN3O/c1-14-5-10-19(25)18(23-14)13-24(2)20(16-4-3-11-22-12-16)15-6-8-17(21)9-7-15/h3-12,20,25H,13H2,1-2H3/t20-/m1/s1. The molecule has 0 unspecified atom stereocenters. The largest absolute Gasteiger partial charge is 0.506 e. The lowest BCUT2D eigenvalue weighted by atomic mass is 9.98. The van der Waals surface area contributed by atoms with E-state index in [1.165, 1.54) is 12.1 Å². The van der Waals surface area contributed by atoms with E-state index in [4.69, 9.17) is 0 Å². The van der Waals surface area contributed by atoms with Crippen LogP contribution < -0.4 is 0 Å². The van der Waals surface area contributed by atoms with Crippen LogP contribution in [0.3, 0.4) is 0 Å². The number of benzene rings is 1. The van der Waals surface area contributed by atoms with Crippen LogP contribution in [0.2, 0.25) is 0 Å². The first kappa shape index (κ1) is 17.0. The van der Waals surface area contributed by atoms with E-state index in [0.29, 0.717) is 12.2 Å². The molecule has 128 valence electrons. The van der Waals surface area contributed by atoms with E-state index < -0.39 is 0 Å². The highest BCUT2D eigenvalue weighted by Gasteiger charge is 2.21. The molecular weight excluding hydrogens is 317 g/mol. The van der Waals surface area contributed by atoms with Crippen molar-refractivity contribution in [2.75, 3.05) is 7.05 Å². The Labute approximate surface area is 146 Å². The van der Waals surface area contributed by atoms with Gasteiger partial charge in [0.1, 0.15) is 11.6 Å². The van der Waals surface area contributed by atoms with Crippen LogP contribution >= 0.6 is 0 Å². The van der Waals surface area contributed by atoms with Crippen LogP contribution in [-0.4, -0.2) is 27.0 Å². The molecular formula is C20H20FN3O. The van der Waals surface area contributed by atoms with Crippen LogP contribution in [0.25, 0.3) is 0 Å². The molecule has 0 aliphatic rings. The van der Waals surface area contributed by atoms with Gasteiger partial charge in [0.2, 0.25) is 0 Å². The molecule has 1 atom stereocenters. The van der Waals surface area contributed by atoms with Crippen molar-refractivity contribution in [3.05, 3.63) is 89.3 Å². The summed E-state index contributed by atoms with van der Waals surface area (Å²) in [7, 11) is 1.95. The molecule has 4 nitrogen and oxygen atoms in total. The van der Waals surface area contributed by atoms with Crippen molar-refractivity contribution in [1.29, 1.82) is 0 Å². The number of halogens is 1. The number of hydrogen-bond acceptors (Lipinski definition) is 4. The third-order valence-electron chi connectivity index (χ3n) is 4.12. The van der Waals surface area contributed by atoms with Crippen molar-refractivity contribution < 1.29 is 9.50 Å². The minimum atomic E-state index is -0.269. The van der Waals surface area contributed by atoms with E-state index in [-0.39, 0.29) is 17.6 Å². The maximum absolute atomic E-state index is 13.3. The van der Waals surface area contributed by atoms with Crippen molar-refractivity contribution >= 4 is 0 Å². The molecule has 3 rings (SSSR count). The number of rotatable bonds is 5. The summed E-state index contributed by atoms with van der Waals surface area (Å²) < 4.78 is 13.3. The Morgan fingerprint density at radius 3 is 2.52 bits per heavy atom. The van der Waals surface area contributed by atoms with Crippen molar-refractivity contribution in [2.45, 2.75) is 19.5 Å². The molecule has 1 N–H and O–H groups in total. The first-order valence-corrected chi connectivity index (χ1v) is 8.05. The molecule has 0 fully saturated rings. The lowest BCUT2D eigenvalue weighted by Gasteiger charge is -2.28. The van der Waals surface area contributed by atoms with Gasteiger partial charge in [-0.05, 0) is 55.4 Å². The maximum Gasteiger partial charge on any atom is 0.138 e. The minimum absolute atomic E-state index is 0.129. The average Bonchev–Trinajstić information content (AvgIpc) is 2.61. The van der Waals surface area contributed by atoms with Crippen LogP contribution in [0.4, 0.5) is 4.39 Å². The van der Waals surface area contributed by atoms with Gasteiger partial charge >= 0.3 is 0 Å². The number of nitrogens with zero attached hydrogens (tertiary/aromatic N) is 3. The SMILES string of the molecule is Cc1ccc(O)c(CN(C)[C@H](c2ccc(F)cc2)c2cccnc2)n1. The van der Waals surface area contributed by atoms with E-state index in [1.54, 1.807) is 36.7 Å². The van der Waals surface area contributed by atoms with E-state index in [2.05, 4.69) is 14.9 Å². The van der Waals surface area contributed by atoms with Crippen molar-refractivity contribution in [3.63, 3.8) is 0 Å². The molecule has 0 aliphatic heterocycles. The molecule has 0 spiro atoms. The summed E-state index contributed by atoms with van der Waals surface area (Å²) in [6.45, 7) is 2.34. The second kappa shape index (κ2) is 7.40. The monoisotopic (exact) mass is 337 g/mol. The molecule has 3 aromatic rings. The van der Waals surface area contributed by atoms with Gasteiger partial charge in [0.25, 0.3) is 0 Å². The summed E-state index contributed by atoms with van der Waals surface area (Å²) in [6.07, 6.45) is 3.52. The fraction of sp³-hybridized carbons (Fsp3) is 0.200. The van der Waals surface area contributed by atoms with Gasteiger partial charge in [0, 0.05) is 24.6 Å². The smallest absolute Gasteiger partial charge is 0.138 e. The minimum Gasteiger partial charge on any atom is -0.506 e. The Bertz CT molecular complexity index is 837. The molecule has 0 radical (unpaired) electrons. The van der Waals surface area contributed by atoms with Crippen LogP contribution in [-0.2, 0) is 6.54 Å². The highest BCUT2D eigenvalue weighted by atomic mass is 19.1. The predicted molar refractivity (Wildman–Crippen MR) is 94.6 cm³/mol. The normalized spacial score (nSPS) is 12.3. The molecule has 0 aliphatic carbocycles. The molecule has 0 saturated heterocycles. The van der Waals surface area contributed by atoms with E-state index in [1.807, 2.05) is 26.1 Å². The van der Waals surface area contributed by atoms with Gasteiger partial charge in [0.15, 0.2) is 0 Å². The lowest BCUT2D eigenvalue weighted by Crippen LogP contribution is -2.26. The number of aryl methyl sites for hydroxylation is 1. The second-order valence-electron chi connectivity index (χ2n) is 6.07. The number of aromatic hydroxyl groups is 1. The first-order chi connectivity index (χ1) is 12.0. The van der Waals surface area contributed by atoms with Gasteiger partial charge < -0.3 is 5.11 Å². The molecule has 0 saturated carbocycles. The molecule has 2 heterocycles. The molecule has 5 heteroatoms. The number of aromatic nitrogens is 2. The Hall–Kier alpha value is -2.79. The molecule has 25 heavy (non-hydrogen) atoms. The summed E-state index contributed by atoms with van der Waals surface area (Å²) in [5.41, 5.74) is 3.40. The Morgan fingerprint density at radius 1 is 1.08 bits per heavy atom.